The van der Waals surface area contributed by atoms with Crippen molar-refractivity contribution in [3.63, 3.8) is 0 Å². The normalized spacial score (nSPS) is 20.7. The first-order valence-corrected chi connectivity index (χ1v) is 12.6. The minimum Gasteiger partial charge on any atom is -0.457 e. The number of nitrogen functional groups attached to an aromatic ring is 1. The number of nitrogens with one attached hydrogen (secondary N) is 1. The third-order valence-electron chi connectivity index (χ3n) is 6.65. The summed E-state index contributed by atoms with van der Waals surface area (Å²) >= 11 is 0. The second kappa shape index (κ2) is 10.5. The van der Waals surface area contributed by atoms with Gasteiger partial charge in [0.15, 0.2) is 12.4 Å². The molecule has 4 rings (SSSR count). The summed E-state index contributed by atoms with van der Waals surface area (Å²) in [6.07, 6.45) is -2.79. The monoisotopic (exact) mass is 550 g/mol. The summed E-state index contributed by atoms with van der Waals surface area (Å²) in [4.78, 5) is 31.1. The van der Waals surface area contributed by atoms with Gasteiger partial charge < -0.3 is 25.0 Å². The fourth-order valence-corrected chi connectivity index (χ4v) is 4.89. The summed E-state index contributed by atoms with van der Waals surface area (Å²) in [6.45, 7) is 8.50. The summed E-state index contributed by atoms with van der Waals surface area (Å²) in [5.41, 5.74) is 6.11. The van der Waals surface area contributed by atoms with Crippen LogP contribution in [-0.4, -0.2) is 76.3 Å². The van der Waals surface area contributed by atoms with E-state index in [2.05, 4.69) is 19.9 Å². The largest absolute Gasteiger partial charge is 0.457 e. The molecule has 14 heteroatoms. The molecule has 2 aromatic rings. The first kappa shape index (κ1) is 28.3. The smallest absolute Gasteiger partial charge is 0.406 e. The number of anilines is 4. The Morgan fingerprint density at radius 1 is 1.26 bits per heavy atom. The maximum Gasteiger partial charge on any atom is 0.406 e. The van der Waals surface area contributed by atoms with Gasteiger partial charge in [0.2, 0.25) is 5.91 Å². The number of hydrogen-bond donors (Lipinski definition) is 2. The van der Waals surface area contributed by atoms with Crippen LogP contribution in [0.25, 0.3) is 0 Å². The van der Waals surface area contributed by atoms with Crippen molar-refractivity contribution in [3.05, 3.63) is 29.7 Å². The molecule has 1 amide bonds. The Bertz CT molecular complexity index is 1230. The van der Waals surface area contributed by atoms with E-state index in [-0.39, 0.29) is 42.1 Å². The van der Waals surface area contributed by atoms with Crippen molar-refractivity contribution >= 4 is 35.1 Å². The van der Waals surface area contributed by atoms with Gasteiger partial charge in [0.25, 0.3) is 6.02 Å². The molecule has 11 nitrogen and oxygen atoms in total. The Morgan fingerprint density at radius 2 is 1.92 bits per heavy atom. The van der Waals surface area contributed by atoms with Gasteiger partial charge in [0.1, 0.15) is 24.0 Å². The van der Waals surface area contributed by atoms with Crippen molar-refractivity contribution < 1.29 is 27.4 Å². The number of rotatable bonds is 6. The molecule has 212 valence electrons. The van der Waals surface area contributed by atoms with Crippen molar-refractivity contribution in [1.29, 1.82) is 5.41 Å². The molecular weight excluding hydrogens is 517 g/mol. The Labute approximate surface area is 224 Å². The Hall–Kier alpha value is -3.68. The van der Waals surface area contributed by atoms with Gasteiger partial charge in [0.05, 0.1) is 35.1 Å². The van der Waals surface area contributed by atoms with Gasteiger partial charge >= 0.3 is 6.18 Å². The van der Waals surface area contributed by atoms with Crippen LogP contribution in [0.15, 0.2) is 18.3 Å². The summed E-state index contributed by atoms with van der Waals surface area (Å²) in [7, 11) is 0. The van der Waals surface area contributed by atoms with E-state index in [1.54, 1.807) is 26.1 Å². The van der Waals surface area contributed by atoms with E-state index in [1.165, 1.54) is 11.8 Å². The Morgan fingerprint density at radius 3 is 2.49 bits per heavy atom. The number of alkyl halides is 3. The van der Waals surface area contributed by atoms with Gasteiger partial charge in [-0.25, -0.2) is 15.0 Å². The lowest BCUT2D eigenvalue weighted by Crippen LogP contribution is -2.45. The lowest BCUT2D eigenvalue weighted by molar-refractivity contribution is -0.139. The van der Waals surface area contributed by atoms with Gasteiger partial charge in [0, 0.05) is 19.6 Å². The number of nitrogens with zero attached hydrogens (tertiary/aromatic N) is 6. The van der Waals surface area contributed by atoms with Crippen molar-refractivity contribution in [2.45, 2.75) is 65.0 Å². The van der Waals surface area contributed by atoms with Crippen molar-refractivity contribution in [3.8, 4) is 0 Å². The number of carbonyl (C=O) groups is 1. The van der Waals surface area contributed by atoms with Crippen LogP contribution < -0.4 is 15.5 Å². The van der Waals surface area contributed by atoms with Crippen LogP contribution in [0.3, 0.4) is 0 Å². The number of ether oxygens (including phenoxy) is 2. The number of halogens is 3. The molecule has 0 spiro atoms. The number of pyridine rings is 1. The Kier molecular flexibility index (Phi) is 7.61. The number of morpholine rings is 1. The molecule has 0 saturated carbocycles. The van der Waals surface area contributed by atoms with Crippen LogP contribution in [0.5, 0.6) is 0 Å². The van der Waals surface area contributed by atoms with Crippen molar-refractivity contribution in [2.24, 2.45) is 0 Å². The number of hydrogen-bond acceptors (Lipinski definition) is 9. The van der Waals surface area contributed by atoms with E-state index in [1.807, 2.05) is 19.9 Å². The molecule has 2 aliphatic heterocycles. The van der Waals surface area contributed by atoms with E-state index in [4.69, 9.17) is 20.6 Å². The molecule has 3 N–H and O–H groups in total. The fourth-order valence-electron chi connectivity index (χ4n) is 4.89. The van der Waals surface area contributed by atoms with E-state index in [9.17, 15) is 18.0 Å². The second-order valence-corrected chi connectivity index (χ2v) is 10.2. The molecule has 0 unspecified atom stereocenters. The van der Waals surface area contributed by atoms with Crippen LogP contribution in [0.1, 0.15) is 46.0 Å². The molecule has 2 aromatic heterocycles. The first-order chi connectivity index (χ1) is 18.2. The van der Waals surface area contributed by atoms with Gasteiger partial charge in [-0.2, -0.15) is 13.2 Å². The minimum absolute atomic E-state index is 0.0235. The van der Waals surface area contributed by atoms with E-state index >= 15 is 0 Å². The number of carbonyl (C=O) groups excluding carboxylic acids is 1. The molecule has 1 saturated heterocycles. The molecule has 4 heterocycles. The third kappa shape index (κ3) is 5.84. The van der Waals surface area contributed by atoms with E-state index in [0.29, 0.717) is 24.3 Å². The fraction of sp³-hybridized carbons (Fsp3) is 0.560. The summed E-state index contributed by atoms with van der Waals surface area (Å²) in [5.74, 6) is 0.786. The lowest BCUT2D eigenvalue weighted by atomic mass is 9.87. The van der Waals surface area contributed by atoms with Crippen molar-refractivity contribution in [1.82, 2.24) is 19.9 Å². The number of amides is 1. The first-order valence-electron chi connectivity index (χ1n) is 12.6. The average molecular weight is 551 g/mol. The predicted octanol–water partition coefficient (Wildman–Crippen LogP) is 3.36. The van der Waals surface area contributed by atoms with E-state index in [0.717, 1.165) is 10.7 Å². The van der Waals surface area contributed by atoms with Gasteiger partial charge in [-0.3, -0.25) is 15.1 Å². The zero-order chi connectivity index (χ0) is 28.7. The standard InChI is InChI=1S/C25H33F3N8O3/c1-6-34(13-25(26,27)28)23(30)38-12-17-32-20(29)19-21(33-17)36(22(37)24(19,4)5)16-7-8-18(31-9-16)35-10-14(2)39-15(3)11-35/h7-9,14-15,30H,6,10-13H2,1-5H3,(H2,29,32,33)/t14-,15+. The summed E-state index contributed by atoms with van der Waals surface area (Å²) in [6, 6.07) is 2.93. The molecule has 0 aromatic carbocycles. The number of amidine groups is 1. The number of aromatic nitrogens is 3. The molecule has 39 heavy (non-hydrogen) atoms. The zero-order valence-corrected chi connectivity index (χ0v) is 22.5. The highest BCUT2D eigenvalue weighted by molar-refractivity contribution is 6.12. The average Bonchev–Trinajstić information content (AvgIpc) is 3.05. The van der Waals surface area contributed by atoms with Gasteiger partial charge in [-0.1, -0.05) is 0 Å². The van der Waals surface area contributed by atoms with Crippen LogP contribution >= 0.6 is 0 Å². The minimum atomic E-state index is -4.49. The molecule has 2 atom stereocenters. The van der Waals surface area contributed by atoms with Crippen LogP contribution in [0, 0.1) is 5.41 Å². The lowest BCUT2D eigenvalue weighted by Gasteiger charge is -2.36. The summed E-state index contributed by atoms with van der Waals surface area (Å²) in [5, 5.41) is 7.91. The molecular formula is C25H33F3N8O3. The molecule has 0 aliphatic carbocycles. The summed E-state index contributed by atoms with van der Waals surface area (Å²) < 4.78 is 49.5. The zero-order valence-electron chi connectivity index (χ0n) is 22.5. The number of fused-ring (bicyclic) bond motifs is 1. The van der Waals surface area contributed by atoms with Crippen molar-refractivity contribution in [2.75, 3.05) is 41.7 Å². The van der Waals surface area contributed by atoms with E-state index < -0.39 is 30.8 Å². The van der Waals surface area contributed by atoms with Crippen LogP contribution in [0.2, 0.25) is 0 Å². The molecule has 0 radical (unpaired) electrons. The Balaban J connectivity index is 1.59. The van der Waals surface area contributed by atoms with Gasteiger partial charge in [-0.05, 0) is 46.8 Å². The van der Waals surface area contributed by atoms with Crippen LogP contribution in [-0.2, 0) is 26.3 Å². The second-order valence-electron chi connectivity index (χ2n) is 10.2. The third-order valence-corrected chi connectivity index (χ3v) is 6.65. The maximum atomic E-state index is 13.5. The molecule has 2 aliphatic rings. The number of nitrogens with two attached hydrogens (primary N) is 1. The highest BCUT2D eigenvalue weighted by atomic mass is 19.4. The van der Waals surface area contributed by atoms with Gasteiger partial charge in [-0.15, -0.1) is 0 Å². The highest BCUT2D eigenvalue weighted by Gasteiger charge is 2.48. The maximum absolute atomic E-state index is 13.5. The SMILES string of the molecule is CCN(CC(F)(F)F)C(=N)OCc1nc(N)c2c(n1)N(c1ccc(N3C[C@@H](C)O[C@@H](C)C3)nc1)C(=O)C2(C)C. The highest BCUT2D eigenvalue weighted by Crippen LogP contribution is 2.46. The predicted molar refractivity (Wildman–Crippen MR) is 139 cm³/mol. The molecule has 1 fully saturated rings. The van der Waals surface area contributed by atoms with Crippen LogP contribution in [0.4, 0.5) is 36.3 Å². The molecule has 0 bridgehead atoms. The topological polar surface area (TPSA) is 134 Å². The quantitative estimate of drug-likeness (QED) is 0.410.